The molecule has 3 N–H and O–H groups in total. The van der Waals surface area contributed by atoms with Gasteiger partial charge in [-0.1, -0.05) is 42.5 Å². The Morgan fingerprint density at radius 2 is 1.40 bits per heavy atom. The Morgan fingerprint density at radius 3 is 1.86 bits per heavy atom. The summed E-state index contributed by atoms with van der Waals surface area (Å²) in [5, 5.41) is 6.69. The fourth-order valence-electron chi connectivity index (χ4n) is 4.45. The summed E-state index contributed by atoms with van der Waals surface area (Å²) in [6.45, 7) is 0.895. The lowest BCUT2D eigenvalue weighted by atomic mass is 9.95. The maximum Gasteiger partial charge on any atom is 0.490 e. The summed E-state index contributed by atoms with van der Waals surface area (Å²) in [4.78, 5) is 23.9. The number of benzene rings is 2. The predicted molar refractivity (Wildman–Crippen MR) is 122 cm³/mol. The Labute approximate surface area is 201 Å². The van der Waals surface area contributed by atoms with Gasteiger partial charge < -0.3 is 15.7 Å². The number of sulfone groups is 1. The summed E-state index contributed by atoms with van der Waals surface area (Å²) >= 11 is 0. The lowest BCUT2D eigenvalue weighted by Gasteiger charge is -2.34. The van der Waals surface area contributed by atoms with Crippen LogP contribution in [-0.4, -0.2) is 60.9 Å². The Bertz CT molecular complexity index is 1120. The van der Waals surface area contributed by atoms with Crippen molar-refractivity contribution in [3.8, 4) is 0 Å². The molecule has 35 heavy (non-hydrogen) atoms. The van der Waals surface area contributed by atoms with E-state index in [4.69, 9.17) is 15.6 Å². The van der Waals surface area contributed by atoms with Crippen LogP contribution in [0.4, 0.5) is 13.2 Å². The molecule has 0 saturated carbocycles. The van der Waals surface area contributed by atoms with Crippen LogP contribution in [0.2, 0.25) is 0 Å². The highest BCUT2D eigenvalue weighted by atomic mass is 32.2. The third-order valence-electron chi connectivity index (χ3n) is 6.38. The van der Waals surface area contributed by atoms with Crippen LogP contribution < -0.4 is 5.73 Å². The molecule has 0 bridgehead atoms. The number of halogens is 3. The van der Waals surface area contributed by atoms with Crippen molar-refractivity contribution in [3.05, 3.63) is 65.7 Å². The maximum absolute atomic E-state index is 12.9. The molecule has 190 valence electrons. The second-order valence-corrected chi connectivity index (χ2v) is 10.9. The second kappa shape index (κ2) is 10.8. The molecule has 1 aliphatic heterocycles. The molecule has 0 aromatic heterocycles. The van der Waals surface area contributed by atoms with Crippen LogP contribution in [0, 0.1) is 5.92 Å². The number of carboxylic acid groups (broad SMARTS) is 1. The molecule has 0 spiro atoms. The van der Waals surface area contributed by atoms with Crippen LogP contribution >= 0.6 is 0 Å². The van der Waals surface area contributed by atoms with Gasteiger partial charge in [0.05, 0.1) is 16.2 Å². The number of fused-ring (bicyclic) bond motifs is 1. The number of nitrogens with zero attached hydrogens (tertiary/aromatic N) is 1. The maximum atomic E-state index is 12.9. The van der Waals surface area contributed by atoms with Gasteiger partial charge in [-0.15, -0.1) is 0 Å². The number of nitrogens with two attached hydrogens (primary N) is 1. The van der Waals surface area contributed by atoms with Crippen LogP contribution in [0.15, 0.2) is 59.5 Å². The summed E-state index contributed by atoms with van der Waals surface area (Å²) < 4.78 is 57.3. The molecule has 1 saturated heterocycles. The van der Waals surface area contributed by atoms with Gasteiger partial charge in [0, 0.05) is 13.1 Å². The number of aliphatic carboxylic acids is 1. The number of hydrogen-bond acceptors (Lipinski definition) is 5. The smallest absolute Gasteiger partial charge is 0.475 e. The molecule has 4 rings (SSSR count). The lowest BCUT2D eigenvalue weighted by molar-refractivity contribution is -0.192. The molecule has 1 amide bonds. The van der Waals surface area contributed by atoms with Crippen molar-refractivity contribution in [1.82, 2.24) is 4.90 Å². The largest absolute Gasteiger partial charge is 0.490 e. The number of piperidine rings is 1. The zero-order valence-corrected chi connectivity index (χ0v) is 19.6. The van der Waals surface area contributed by atoms with Crippen LogP contribution in [0.1, 0.15) is 24.0 Å². The fraction of sp³-hybridized carbons (Fsp3) is 0.417. The van der Waals surface area contributed by atoms with Gasteiger partial charge in [-0.3, -0.25) is 4.79 Å². The van der Waals surface area contributed by atoms with Gasteiger partial charge in [-0.2, -0.15) is 13.2 Å². The van der Waals surface area contributed by atoms with Gasteiger partial charge in [0.25, 0.3) is 0 Å². The van der Waals surface area contributed by atoms with E-state index in [1.54, 1.807) is 29.2 Å². The summed E-state index contributed by atoms with van der Waals surface area (Å²) in [6.07, 6.45) is -2.50. The molecular weight excluding hydrogens is 485 g/mol. The van der Waals surface area contributed by atoms with Gasteiger partial charge in [-0.25, -0.2) is 13.2 Å². The highest BCUT2D eigenvalue weighted by Crippen LogP contribution is 2.30. The zero-order valence-electron chi connectivity index (χ0n) is 18.8. The average molecular weight is 513 g/mol. The van der Waals surface area contributed by atoms with Crippen molar-refractivity contribution in [2.45, 2.75) is 48.0 Å². The van der Waals surface area contributed by atoms with E-state index in [1.807, 2.05) is 18.2 Å². The highest BCUT2D eigenvalue weighted by molar-refractivity contribution is 7.92. The summed E-state index contributed by atoms with van der Waals surface area (Å²) in [5.41, 5.74) is 8.90. The molecular formula is C24H27F3N2O5S. The van der Waals surface area contributed by atoms with Gasteiger partial charge in [0.2, 0.25) is 5.91 Å². The monoisotopic (exact) mass is 512 g/mol. The van der Waals surface area contributed by atoms with E-state index < -0.39 is 33.3 Å². The SMILES string of the molecule is NC(C(=O)N1CCC(S(=O)(=O)c2ccccc2)CC1)C1Cc2ccccc2C1.O=C(O)C(F)(F)F. The molecule has 1 aliphatic carbocycles. The molecule has 1 atom stereocenters. The number of alkyl halides is 3. The molecule has 1 unspecified atom stereocenters. The van der Waals surface area contributed by atoms with E-state index in [-0.39, 0.29) is 11.8 Å². The topological polar surface area (TPSA) is 118 Å². The Hall–Kier alpha value is -2.92. The lowest BCUT2D eigenvalue weighted by Crippen LogP contribution is -2.51. The quantitative estimate of drug-likeness (QED) is 0.651. The third-order valence-corrected chi connectivity index (χ3v) is 8.66. The van der Waals surface area contributed by atoms with E-state index >= 15 is 0 Å². The van der Waals surface area contributed by atoms with Crippen LogP contribution in [-0.2, 0) is 32.3 Å². The molecule has 1 heterocycles. The normalized spacial score (nSPS) is 17.8. The second-order valence-electron chi connectivity index (χ2n) is 8.65. The number of carboxylic acids is 1. The molecule has 7 nitrogen and oxygen atoms in total. The zero-order chi connectivity index (χ0) is 25.8. The first-order valence-corrected chi connectivity index (χ1v) is 12.7. The van der Waals surface area contributed by atoms with Crippen molar-refractivity contribution >= 4 is 21.7 Å². The van der Waals surface area contributed by atoms with E-state index in [9.17, 15) is 26.4 Å². The highest BCUT2D eigenvalue weighted by Gasteiger charge is 2.38. The summed E-state index contributed by atoms with van der Waals surface area (Å²) in [7, 11) is -3.35. The van der Waals surface area contributed by atoms with Gasteiger partial charge in [0.15, 0.2) is 9.84 Å². The van der Waals surface area contributed by atoms with Gasteiger partial charge in [0.1, 0.15) is 0 Å². The summed E-state index contributed by atoms with van der Waals surface area (Å²) in [6, 6.07) is 16.3. The standard InChI is InChI=1S/C22H26N2O3S.C2HF3O2/c23-21(18-14-16-6-4-5-7-17(16)15-18)22(25)24-12-10-20(11-13-24)28(26,27)19-8-2-1-3-9-19;3-2(4,5)1(6)7/h1-9,18,20-21H,10-15,23H2;(H,6,7). The van der Waals surface area contributed by atoms with Crippen molar-refractivity contribution in [2.75, 3.05) is 13.1 Å². The fourth-order valence-corrected chi connectivity index (χ4v) is 6.20. The summed E-state index contributed by atoms with van der Waals surface area (Å²) in [5.74, 6) is -2.68. The number of carbonyl (C=O) groups is 2. The van der Waals surface area contributed by atoms with Crippen LogP contribution in [0.25, 0.3) is 0 Å². The van der Waals surface area contributed by atoms with Crippen molar-refractivity contribution in [1.29, 1.82) is 0 Å². The number of rotatable bonds is 4. The van der Waals surface area contributed by atoms with E-state index in [2.05, 4.69) is 12.1 Å². The van der Waals surface area contributed by atoms with E-state index in [1.165, 1.54) is 11.1 Å². The van der Waals surface area contributed by atoms with Crippen molar-refractivity contribution in [3.63, 3.8) is 0 Å². The minimum absolute atomic E-state index is 0.0478. The minimum Gasteiger partial charge on any atom is -0.475 e. The molecule has 2 aliphatic rings. The minimum atomic E-state index is -5.08. The first-order valence-electron chi connectivity index (χ1n) is 11.1. The van der Waals surface area contributed by atoms with E-state index in [0.717, 1.165) is 12.8 Å². The number of likely N-dealkylation sites (tertiary alicyclic amines) is 1. The number of carbonyl (C=O) groups excluding carboxylic acids is 1. The number of hydrogen-bond donors (Lipinski definition) is 2. The van der Waals surface area contributed by atoms with Crippen LogP contribution in [0.3, 0.4) is 0 Å². The average Bonchev–Trinajstić information content (AvgIpc) is 3.28. The first kappa shape index (κ1) is 26.7. The first-order chi connectivity index (χ1) is 16.4. The Morgan fingerprint density at radius 1 is 0.943 bits per heavy atom. The number of amides is 1. The molecule has 0 radical (unpaired) electrons. The van der Waals surface area contributed by atoms with Crippen molar-refractivity contribution in [2.24, 2.45) is 11.7 Å². The van der Waals surface area contributed by atoms with Crippen molar-refractivity contribution < 1.29 is 36.3 Å². The molecule has 11 heteroatoms. The Kier molecular flexibility index (Phi) is 8.22. The molecule has 2 aromatic rings. The predicted octanol–water partition coefficient (Wildman–Crippen LogP) is 2.83. The van der Waals surface area contributed by atoms with Gasteiger partial charge >= 0.3 is 12.1 Å². The third kappa shape index (κ3) is 6.40. The van der Waals surface area contributed by atoms with Gasteiger partial charge in [-0.05, 0) is 54.9 Å². The molecule has 2 aromatic carbocycles. The van der Waals surface area contributed by atoms with E-state index in [0.29, 0.717) is 30.8 Å². The Balaban J connectivity index is 0.000000429. The van der Waals surface area contributed by atoms with Crippen LogP contribution in [0.5, 0.6) is 0 Å². The molecule has 1 fully saturated rings.